The summed E-state index contributed by atoms with van der Waals surface area (Å²) in [5.74, 6) is -2.76. The van der Waals surface area contributed by atoms with Crippen molar-refractivity contribution in [1.29, 1.82) is 0 Å². The number of alkyl halides is 3. The molecule has 0 heterocycles. The topological polar surface area (TPSA) is 64.4 Å². The monoisotopic (exact) mass is 388 g/mol. The van der Waals surface area contributed by atoms with Crippen LogP contribution in [0, 0.1) is 11.6 Å². The second-order valence-electron chi connectivity index (χ2n) is 5.66. The third-order valence-electron chi connectivity index (χ3n) is 3.64. The Hall–Kier alpha value is -2.52. The average Bonchev–Trinajstić information content (AvgIpc) is 2.61. The quantitative estimate of drug-likeness (QED) is 0.534. The van der Waals surface area contributed by atoms with Crippen LogP contribution in [0.15, 0.2) is 36.4 Å². The van der Waals surface area contributed by atoms with Crippen molar-refractivity contribution in [1.82, 2.24) is 5.32 Å². The lowest BCUT2D eigenvalue weighted by Gasteiger charge is -2.15. The minimum atomic E-state index is -4.64. The van der Waals surface area contributed by atoms with Crippen molar-refractivity contribution in [2.24, 2.45) is 5.73 Å². The van der Waals surface area contributed by atoms with Gasteiger partial charge in [0.2, 0.25) is 0 Å². The highest BCUT2D eigenvalue weighted by atomic mass is 19.4. The molecule has 2 rings (SSSR count). The molecule has 0 spiro atoms. The first kappa shape index (κ1) is 20.8. The van der Waals surface area contributed by atoms with Crippen LogP contribution >= 0.6 is 0 Å². The molecular formula is C18H17F5N2O2. The standard InChI is InChI=1S/C18H17F5N2O2/c19-16-4-3-14(8-17(16)20)27-13-2-1-11(15(7-13)18(21,22)23)10-25-6-5-12(26)9-24/h1-4,7-8,25H,5-6,9-10,24H2. The Balaban J connectivity index is 2.14. The molecule has 0 aliphatic carbocycles. The van der Waals surface area contributed by atoms with Crippen LogP contribution in [0.4, 0.5) is 22.0 Å². The van der Waals surface area contributed by atoms with Crippen molar-refractivity contribution < 1.29 is 31.5 Å². The minimum absolute atomic E-state index is 0.0414. The molecule has 27 heavy (non-hydrogen) atoms. The maximum atomic E-state index is 13.3. The molecule has 2 aromatic rings. The van der Waals surface area contributed by atoms with Crippen molar-refractivity contribution in [3.8, 4) is 11.5 Å². The number of nitrogens with one attached hydrogen (secondary N) is 1. The van der Waals surface area contributed by atoms with Gasteiger partial charge in [0.25, 0.3) is 0 Å². The highest BCUT2D eigenvalue weighted by Crippen LogP contribution is 2.35. The molecule has 0 amide bonds. The first-order valence-electron chi connectivity index (χ1n) is 7.96. The van der Waals surface area contributed by atoms with Crippen molar-refractivity contribution >= 4 is 5.78 Å². The van der Waals surface area contributed by atoms with Crippen LogP contribution in [0.2, 0.25) is 0 Å². The molecule has 0 atom stereocenters. The summed E-state index contributed by atoms with van der Waals surface area (Å²) < 4.78 is 71.2. The van der Waals surface area contributed by atoms with Crippen LogP contribution in [0.25, 0.3) is 0 Å². The molecule has 0 saturated carbocycles. The number of carbonyl (C=O) groups excluding carboxylic acids is 1. The number of hydrogen-bond acceptors (Lipinski definition) is 4. The summed E-state index contributed by atoms with van der Waals surface area (Å²) in [6.45, 7) is -0.0376. The number of ketones is 1. The lowest BCUT2D eigenvalue weighted by Crippen LogP contribution is -2.23. The molecule has 3 N–H and O–H groups in total. The number of rotatable bonds is 8. The summed E-state index contributed by atoms with van der Waals surface area (Å²) in [6, 6.07) is 5.95. The van der Waals surface area contributed by atoms with Crippen LogP contribution < -0.4 is 15.8 Å². The van der Waals surface area contributed by atoms with Crippen molar-refractivity contribution in [2.75, 3.05) is 13.1 Å². The maximum Gasteiger partial charge on any atom is 0.416 e. The normalized spacial score (nSPS) is 11.5. The van der Waals surface area contributed by atoms with Gasteiger partial charge in [-0.25, -0.2) is 8.78 Å². The van der Waals surface area contributed by atoms with Gasteiger partial charge in [0.15, 0.2) is 11.6 Å². The van der Waals surface area contributed by atoms with E-state index in [1.165, 1.54) is 12.1 Å². The number of benzene rings is 2. The average molecular weight is 388 g/mol. The zero-order valence-electron chi connectivity index (χ0n) is 14.1. The van der Waals surface area contributed by atoms with Gasteiger partial charge >= 0.3 is 6.18 Å². The van der Waals surface area contributed by atoms with Gasteiger partial charge in [-0.15, -0.1) is 0 Å². The molecule has 0 unspecified atom stereocenters. The number of ether oxygens (including phenoxy) is 1. The van der Waals surface area contributed by atoms with E-state index in [-0.39, 0.29) is 48.9 Å². The van der Waals surface area contributed by atoms with Gasteiger partial charge in [0.05, 0.1) is 12.1 Å². The van der Waals surface area contributed by atoms with Gasteiger partial charge < -0.3 is 15.8 Å². The third kappa shape index (κ3) is 6.00. The lowest BCUT2D eigenvalue weighted by atomic mass is 10.1. The van der Waals surface area contributed by atoms with Crippen molar-refractivity contribution in [3.63, 3.8) is 0 Å². The van der Waals surface area contributed by atoms with E-state index < -0.39 is 23.4 Å². The van der Waals surface area contributed by atoms with Crippen molar-refractivity contribution in [3.05, 3.63) is 59.2 Å². The second-order valence-corrected chi connectivity index (χ2v) is 5.66. The van der Waals surface area contributed by atoms with Crippen molar-refractivity contribution in [2.45, 2.75) is 19.1 Å². The van der Waals surface area contributed by atoms with Gasteiger partial charge in [-0.3, -0.25) is 4.79 Å². The highest BCUT2D eigenvalue weighted by Gasteiger charge is 2.33. The van der Waals surface area contributed by atoms with Gasteiger partial charge in [0, 0.05) is 25.6 Å². The van der Waals surface area contributed by atoms with Crippen LogP contribution in [0.1, 0.15) is 17.5 Å². The molecular weight excluding hydrogens is 371 g/mol. The largest absolute Gasteiger partial charge is 0.457 e. The van der Waals surface area contributed by atoms with Crippen LogP contribution in [0.5, 0.6) is 11.5 Å². The molecule has 0 aliphatic heterocycles. The smallest absolute Gasteiger partial charge is 0.416 e. The molecule has 2 aromatic carbocycles. The molecule has 0 aromatic heterocycles. The van der Waals surface area contributed by atoms with E-state index in [9.17, 15) is 26.7 Å². The van der Waals surface area contributed by atoms with Crippen LogP contribution in [0.3, 0.4) is 0 Å². The van der Waals surface area contributed by atoms with E-state index in [0.717, 1.165) is 24.3 Å². The molecule has 0 fully saturated rings. The van der Waals surface area contributed by atoms with Gasteiger partial charge in [0.1, 0.15) is 17.3 Å². The Morgan fingerprint density at radius 3 is 2.33 bits per heavy atom. The first-order chi connectivity index (χ1) is 12.7. The fourth-order valence-electron chi connectivity index (χ4n) is 2.27. The number of Topliss-reactive ketones (excluding diaryl/α,β-unsaturated/α-hetero) is 1. The zero-order chi connectivity index (χ0) is 20.0. The predicted molar refractivity (Wildman–Crippen MR) is 88.3 cm³/mol. The fraction of sp³-hybridized carbons (Fsp3) is 0.278. The Bertz CT molecular complexity index is 809. The fourth-order valence-corrected chi connectivity index (χ4v) is 2.27. The van der Waals surface area contributed by atoms with Gasteiger partial charge in [-0.1, -0.05) is 6.07 Å². The molecule has 0 radical (unpaired) electrons. The molecule has 0 bridgehead atoms. The molecule has 0 saturated heterocycles. The van der Waals surface area contributed by atoms with Crippen LogP contribution in [-0.2, 0) is 17.5 Å². The SMILES string of the molecule is NCC(=O)CCNCc1ccc(Oc2ccc(F)c(F)c2)cc1C(F)(F)F. The first-order valence-corrected chi connectivity index (χ1v) is 7.96. The summed E-state index contributed by atoms with van der Waals surface area (Å²) in [5, 5.41) is 2.75. The number of carbonyl (C=O) groups is 1. The maximum absolute atomic E-state index is 13.3. The van der Waals surface area contributed by atoms with Gasteiger partial charge in [-0.2, -0.15) is 13.2 Å². The Kier molecular flexibility index (Phi) is 6.86. The number of nitrogens with two attached hydrogens (primary N) is 1. The Morgan fingerprint density at radius 1 is 1.04 bits per heavy atom. The third-order valence-corrected chi connectivity index (χ3v) is 3.64. The predicted octanol–water partition coefficient (Wildman–Crippen LogP) is 3.78. The summed E-state index contributed by atoms with van der Waals surface area (Å²) in [4.78, 5) is 11.1. The van der Waals surface area contributed by atoms with E-state index in [1.807, 2.05) is 0 Å². The summed E-state index contributed by atoms with van der Waals surface area (Å²) in [5.41, 5.74) is 4.19. The van der Waals surface area contributed by atoms with E-state index in [4.69, 9.17) is 10.5 Å². The van der Waals surface area contributed by atoms with E-state index >= 15 is 0 Å². The Labute approximate surface area is 152 Å². The van der Waals surface area contributed by atoms with E-state index in [2.05, 4.69) is 5.32 Å². The summed E-state index contributed by atoms with van der Waals surface area (Å²) in [7, 11) is 0. The molecule has 146 valence electrons. The summed E-state index contributed by atoms with van der Waals surface area (Å²) in [6.07, 6.45) is -4.52. The second kappa shape index (κ2) is 8.92. The minimum Gasteiger partial charge on any atom is -0.457 e. The molecule has 0 aliphatic rings. The lowest BCUT2D eigenvalue weighted by molar-refractivity contribution is -0.138. The summed E-state index contributed by atoms with van der Waals surface area (Å²) >= 11 is 0. The number of hydrogen-bond donors (Lipinski definition) is 2. The van der Waals surface area contributed by atoms with Gasteiger partial charge in [-0.05, 0) is 29.8 Å². The highest BCUT2D eigenvalue weighted by molar-refractivity contribution is 5.80. The Morgan fingerprint density at radius 2 is 1.70 bits per heavy atom. The van der Waals surface area contributed by atoms with Crippen LogP contribution in [-0.4, -0.2) is 18.9 Å². The van der Waals surface area contributed by atoms with E-state index in [1.54, 1.807) is 0 Å². The molecule has 9 heteroatoms. The zero-order valence-corrected chi connectivity index (χ0v) is 14.1. The molecule has 4 nitrogen and oxygen atoms in total. The number of halogens is 5. The van der Waals surface area contributed by atoms with E-state index in [0.29, 0.717) is 0 Å².